The summed E-state index contributed by atoms with van der Waals surface area (Å²) in [6.45, 7) is 4.27. The van der Waals surface area contributed by atoms with E-state index in [0.717, 1.165) is 11.3 Å². The van der Waals surface area contributed by atoms with Crippen LogP contribution in [-0.2, 0) is 6.61 Å². The van der Waals surface area contributed by atoms with Gasteiger partial charge in [0.1, 0.15) is 6.61 Å². The lowest BCUT2D eigenvalue weighted by molar-refractivity contribution is 0.299. The van der Waals surface area contributed by atoms with E-state index in [1.807, 2.05) is 38.1 Å². The summed E-state index contributed by atoms with van der Waals surface area (Å²) < 4.78 is 5.55. The SMILES string of the molecule is Cc1ccc(COc2c(C)[nH]ccc2=O)cc1. The molecule has 3 nitrogen and oxygen atoms in total. The molecule has 0 aliphatic carbocycles. The normalized spacial score (nSPS) is 10.2. The highest BCUT2D eigenvalue weighted by molar-refractivity contribution is 5.27. The second-order valence-electron chi connectivity index (χ2n) is 4.07. The lowest BCUT2D eigenvalue weighted by atomic mass is 10.2. The quantitative estimate of drug-likeness (QED) is 0.878. The third-order valence-corrected chi connectivity index (χ3v) is 2.60. The van der Waals surface area contributed by atoms with E-state index >= 15 is 0 Å². The van der Waals surface area contributed by atoms with Crippen LogP contribution in [0.2, 0.25) is 0 Å². The van der Waals surface area contributed by atoms with Gasteiger partial charge in [0.2, 0.25) is 5.43 Å². The van der Waals surface area contributed by atoms with E-state index in [9.17, 15) is 4.79 Å². The summed E-state index contributed by atoms with van der Waals surface area (Å²) in [5.41, 5.74) is 2.93. The number of H-pyrrole nitrogens is 1. The Morgan fingerprint density at radius 1 is 1.12 bits per heavy atom. The number of aryl methyl sites for hydroxylation is 2. The Kier molecular flexibility index (Phi) is 3.28. The molecule has 0 bridgehead atoms. The molecule has 1 aromatic carbocycles. The predicted molar refractivity (Wildman–Crippen MR) is 67.3 cm³/mol. The van der Waals surface area contributed by atoms with Crippen molar-refractivity contribution in [3.05, 3.63) is 63.6 Å². The van der Waals surface area contributed by atoms with Crippen molar-refractivity contribution in [2.75, 3.05) is 0 Å². The van der Waals surface area contributed by atoms with Crippen LogP contribution < -0.4 is 10.2 Å². The molecule has 1 N–H and O–H groups in total. The fraction of sp³-hybridized carbons (Fsp3) is 0.214. The average molecular weight is 229 g/mol. The Bertz CT molecular complexity index is 555. The van der Waals surface area contributed by atoms with Crippen LogP contribution in [0.5, 0.6) is 5.75 Å². The lowest BCUT2D eigenvalue weighted by Crippen LogP contribution is -2.09. The van der Waals surface area contributed by atoms with Crippen LogP contribution in [0.1, 0.15) is 16.8 Å². The zero-order chi connectivity index (χ0) is 12.3. The maximum Gasteiger partial charge on any atom is 0.223 e. The molecule has 0 amide bonds. The van der Waals surface area contributed by atoms with Crippen molar-refractivity contribution >= 4 is 0 Å². The highest BCUT2D eigenvalue weighted by Crippen LogP contribution is 2.11. The summed E-state index contributed by atoms with van der Waals surface area (Å²) in [4.78, 5) is 14.5. The van der Waals surface area contributed by atoms with Crippen molar-refractivity contribution < 1.29 is 4.74 Å². The average Bonchev–Trinajstić information content (AvgIpc) is 2.31. The molecule has 0 aliphatic rings. The zero-order valence-corrected chi connectivity index (χ0v) is 9.99. The second-order valence-corrected chi connectivity index (χ2v) is 4.07. The number of ether oxygens (including phenoxy) is 1. The first-order valence-corrected chi connectivity index (χ1v) is 5.53. The number of hydrogen-bond acceptors (Lipinski definition) is 2. The Hall–Kier alpha value is -2.03. The fourth-order valence-corrected chi connectivity index (χ4v) is 1.59. The molecule has 0 aliphatic heterocycles. The summed E-state index contributed by atoms with van der Waals surface area (Å²) in [5.74, 6) is 0.396. The second kappa shape index (κ2) is 4.87. The largest absolute Gasteiger partial charge is 0.483 e. The van der Waals surface area contributed by atoms with Crippen LogP contribution in [0, 0.1) is 13.8 Å². The zero-order valence-electron chi connectivity index (χ0n) is 9.99. The Labute approximate surface area is 100 Å². The van der Waals surface area contributed by atoms with Crippen molar-refractivity contribution in [2.45, 2.75) is 20.5 Å². The van der Waals surface area contributed by atoms with E-state index in [2.05, 4.69) is 4.98 Å². The van der Waals surface area contributed by atoms with Gasteiger partial charge < -0.3 is 9.72 Å². The van der Waals surface area contributed by atoms with Crippen molar-refractivity contribution in [3.63, 3.8) is 0 Å². The molecule has 1 heterocycles. The van der Waals surface area contributed by atoms with Gasteiger partial charge in [0.05, 0.1) is 5.69 Å². The van der Waals surface area contributed by atoms with Gasteiger partial charge in [-0.1, -0.05) is 29.8 Å². The van der Waals surface area contributed by atoms with Crippen LogP contribution in [0.4, 0.5) is 0 Å². The van der Waals surface area contributed by atoms with Gasteiger partial charge >= 0.3 is 0 Å². The number of benzene rings is 1. The molecule has 3 heteroatoms. The number of pyridine rings is 1. The monoisotopic (exact) mass is 229 g/mol. The van der Waals surface area contributed by atoms with E-state index in [0.29, 0.717) is 12.4 Å². The summed E-state index contributed by atoms with van der Waals surface area (Å²) >= 11 is 0. The molecule has 0 saturated carbocycles. The molecular formula is C14H15NO2. The number of hydrogen-bond donors (Lipinski definition) is 1. The van der Waals surface area contributed by atoms with Gasteiger partial charge in [-0.15, -0.1) is 0 Å². The fourth-order valence-electron chi connectivity index (χ4n) is 1.59. The molecule has 0 unspecified atom stereocenters. The lowest BCUT2D eigenvalue weighted by Gasteiger charge is -2.08. The molecule has 1 aromatic heterocycles. The summed E-state index contributed by atoms with van der Waals surface area (Å²) in [7, 11) is 0. The van der Waals surface area contributed by atoms with Crippen LogP contribution in [-0.4, -0.2) is 4.98 Å². The van der Waals surface area contributed by atoms with Gasteiger partial charge in [-0.3, -0.25) is 4.79 Å². The highest BCUT2D eigenvalue weighted by Gasteiger charge is 2.04. The van der Waals surface area contributed by atoms with E-state index in [4.69, 9.17) is 4.74 Å². The first kappa shape index (κ1) is 11.5. The topological polar surface area (TPSA) is 42.1 Å². The van der Waals surface area contributed by atoms with Crippen LogP contribution in [0.15, 0.2) is 41.3 Å². The van der Waals surface area contributed by atoms with E-state index in [1.54, 1.807) is 6.20 Å². The molecule has 0 fully saturated rings. The first-order valence-electron chi connectivity index (χ1n) is 5.53. The van der Waals surface area contributed by atoms with Crippen molar-refractivity contribution in [1.82, 2.24) is 4.98 Å². The van der Waals surface area contributed by atoms with Crippen LogP contribution >= 0.6 is 0 Å². The molecule has 88 valence electrons. The molecular weight excluding hydrogens is 214 g/mol. The molecule has 0 atom stereocenters. The Morgan fingerprint density at radius 3 is 2.47 bits per heavy atom. The van der Waals surface area contributed by atoms with Crippen LogP contribution in [0.25, 0.3) is 0 Å². The molecule has 0 saturated heterocycles. The third kappa shape index (κ3) is 2.75. The van der Waals surface area contributed by atoms with Gasteiger partial charge in [0.25, 0.3) is 0 Å². The highest BCUT2D eigenvalue weighted by atomic mass is 16.5. The van der Waals surface area contributed by atoms with Crippen molar-refractivity contribution in [1.29, 1.82) is 0 Å². The minimum atomic E-state index is -0.0895. The predicted octanol–water partition coefficient (Wildman–Crippen LogP) is 2.57. The van der Waals surface area contributed by atoms with Crippen molar-refractivity contribution in [3.8, 4) is 5.75 Å². The van der Waals surface area contributed by atoms with E-state index in [1.165, 1.54) is 11.6 Å². The molecule has 2 aromatic rings. The number of rotatable bonds is 3. The maximum absolute atomic E-state index is 11.6. The third-order valence-electron chi connectivity index (χ3n) is 2.60. The Morgan fingerprint density at radius 2 is 1.82 bits per heavy atom. The number of aromatic amines is 1. The molecule has 0 radical (unpaired) electrons. The summed E-state index contributed by atoms with van der Waals surface area (Å²) in [6, 6.07) is 9.53. The minimum Gasteiger partial charge on any atom is -0.483 e. The summed E-state index contributed by atoms with van der Waals surface area (Å²) in [5, 5.41) is 0. The van der Waals surface area contributed by atoms with Gasteiger partial charge in [-0.25, -0.2) is 0 Å². The minimum absolute atomic E-state index is 0.0895. The standard InChI is InChI=1S/C14H15NO2/c1-10-3-5-12(6-4-10)9-17-14-11(2)15-8-7-13(14)16/h3-8H,9H2,1-2H3,(H,15,16). The molecule has 17 heavy (non-hydrogen) atoms. The number of nitrogens with one attached hydrogen (secondary N) is 1. The van der Waals surface area contributed by atoms with E-state index < -0.39 is 0 Å². The molecule has 2 rings (SSSR count). The Balaban J connectivity index is 2.12. The van der Waals surface area contributed by atoms with Crippen molar-refractivity contribution in [2.24, 2.45) is 0 Å². The smallest absolute Gasteiger partial charge is 0.223 e. The maximum atomic E-state index is 11.6. The van der Waals surface area contributed by atoms with Gasteiger partial charge in [-0.05, 0) is 19.4 Å². The van der Waals surface area contributed by atoms with Crippen LogP contribution in [0.3, 0.4) is 0 Å². The van der Waals surface area contributed by atoms with Gasteiger partial charge in [-0.2, -0.15) is 0 Å². The number of aromatic nitrogens is 1. The van der Waals surface area contributed by atoms with Gasteiger partial charge in [0.15, 0.2) is 5.75 Å². The summed E-state index contributed by atoms with van der Waals surface area (Å²) in [6.07, 6.45) is 1.62. The van der Waals surface area contributed by atoms with Gasteiger partial charge in [0, 0.05) is 12.3 Å². The first-order chi connectivity index (χ1) is 8.16. The molecule has 0 spiro atoms. The van der Waals surface area contributed by atoms with E-state index in [-0.39, 0.29) is 5.43 Å².